The van der Waals surface area contributed by atoms with E-state index in [2.05, 4.69) is 41.1 Å². The van der Waals surface area contributed by atoms with Crippen LogP contribution in [0.25, 0.3) is 22.8 Å². The molecule has 1 fully saturated rings. The van der Waals surface area contributed by atoms with Crippen molar-refractivity contribution in [1.29, 1.82) is 0 Å². The van der Waals surface area contributed by atoms with Gasteiger partial charge in [-0.2, -0.15) is 9.97 Å². The molecule has 0 radical (unpaired) electrons. The second-order valence-electron chi connectivity index (χ2n) is 8.26. The zero-order valence-corrected chi connectivity index (χ0v) is 16.5. The Kier molecular flexibility index (Phi) is 5.10. The molecule has 2 heterocycles. The van der Waals surface area contributed by atoms with Gasteiger partial charge in [-0.15, -0.1) is 12.4 Å². The Morgan fingerprint density at radius 1 is 1.07 bits per heavy atom. The fraction of sp³-hybridized carbons (Fsp3) is 0.474. The van der Waals surface area contributed by atoms with Crippen molar-refractivity contribution in [3.05, 3.63) is 36.0 Å². The third-order valence-electron chi connectivity index (χ3n) is 4.63. The fourth-order valence-electron chi connectivity index (χ4n) is 3.01. The maximum atomic E-state index is 6.27. The number of aromatic nitrogens is 4. The predicted octanol–water partition coefficient (Wildman–Crippen LogP) is 4.13. The van der Waals surface area contributed by atoms with Crippen LogP contribution in [0.15, 0.2) is 33.3 Å². The lowest BCUT2D eigenvalue weighted by molar-refractivity contribution is 0.229. The van der Waals surface area contributed by atoms with Gasteiger partial charge in [0.1, 0.15) is 0 Å². The number of nitrogens with zero attached hydrogens (tertiary/aromatic N) is 4. The number of hydrogen-bond acceptors (Lipinski definition) is 7. The molecule has 8 heteroatoms. The molecule has 0 saturated heterocycles. The van der Waals surface area contributed by atoms with Crippen LogP contribution in [0.1, 0.15) is 51.7 Å². The van der Waals surface area contributed by atoms with Crippen LogP contribution >= 0.6 is 12.4 Å². The summed E-state index contributed by atoms with van der Waals surface area (Å²) in [5.74, 6) is 2.22. The van der Waals surface area contributed by atoms with Crippen molar-refractivity contribution >= 4 is 12.4 Å². The molecule has 0 atom stereocenters. The smallest absolute Gasteiger partial charge is 0.258 e. The number of benzene rings is 1. The normalized spacial score (nSPS) is 15.9. The second kappa shape index (κ2) is 7.05. The van der Waals surface area contributed by atoms with Gasteiger partial charge in [0, 0.05) is 17.5 Å². The van der Waals surface area contributed by atoms with E-state index in [1.165, 1.54) is 0 Å². The van der Waals surface area contributed by atoms with Gasteiger partial charge < -0.3 is 14.8 Å². The molecule has 1 saturated carbocycles. The first-order valence-electron chi connectivity index (χ1n) is 8.89. The Labute approximate surface area is 164 Å². The highest BCUT2D eigenvalue weighted by atomic mass is 35.5. The van der Waals surface area contributed by atoms with Crippen LogP contribution in [0, 0.1) is 5.41 Å². The summed E-state index contributed by atoms with van der Waals surface area (Å²) in [6, 6.07) is 7.69. The van der Waals surface area contributed by atoms with Crippen molar-refractivity contribution in [3.63, 3.8) is 0 Å². The van der Waals surface area contributed by atoms with Gasteiger partial charge in [0.05, 0.1) is 5.54 Å². The van der Waals surface area contributed by atoms with Crippen LogP contribution in [0.3, 0.4) is 0 Å². The topological polar surface area (TPSA) is 104 Å². The molecule has 1 aromatic carbocycles. The standard InChI is InChI=1S/C19H23N5O2.ClH/c1-18(2,3)11-14-21-15(23-25-14)12-6-4-7-13(10-12)16-22-17(24-26-16)19(20)8-5-9-19;/h4,6-7,10H,5,8-9,11,20H2,1-3H3;1H. The molecule has 0 bridgehead atoms. The van der Waals surface area contributed by atoms with Crippen LogP contribution < -0.4 is 5.73 Å². The number of nitrogens with two attached hydrogens (primary N) is 1. The molecule has 0 unspecified atom stereocenters. The Hall–Kier alpha value is -2.25. The van der Waals surface area contributed by atoms with Gasteiger partial charge in [-0.1, -0.05) is 43.2 Å². The maximum Gasteiger partial charge on any atom is 0.258 e. The average molecular weight is 390 g/mol. The van der Waals surface area contributed by atoms with Gasteiger partial charge in [0.25, 0.3) is 5.89 Å². The maximum absolute atomic E-state index is 6.27. The summed E-state index contributed by atoms with van der Waals surface area (Å²) in [4.78, 5) is 9.00. The second-order valence-corrected chi connectivity index (χ2v) is 8.26. The van der Waals surface area contributed by atoms with Crippen molar-refractivity contribution in [2.24, 2.45) is 11.1 Å². The first-order valence-corrected chi connectivity index (χ1v) is 8.89. The van der Waals surface area contributed by atoms with E-state index >= 15 is 0 Å². The summed E-state index contributed by atoms with van der Waals surface area (Å²) >= 11 is 0. The Bertz CT molecular complexity index is 924. The zero-order chi connectivity index (χ0) is 18.4. The molecule has 2 N–H and O–H groups in total. The van der Waals surface area contributed by atoms with Crippen molar-refractivity contribution < 1.29 is 9.05 Å². The zero-order valence-electron chi connectivity index (χ0n) is 15.7. The van der Waals surface area contributed by atoms with E-state index in [-0.39, 0.29) is 17.8 Å². The van der Waals surface area contributed by atoms with Crippen LogP contribution in [-0.2, 0) is 12.0 Å². The molecular formula is C19H24ClN5O2. The van der Waals surface area contributed by atoms with Crippen molar-refractivity contribution in [2.45, 2.75) is 52.0 Å². The molecular weight excluding hydrogens is 366 g/mol. The van der Waals surface area contributed by atoms with Gasteiger partial charge in [-0.25, -0.2) is 0 Å². The lowest BCUT2D eigenvalue weighted by atomic mass is 9.77. The van der Waals surface area contributed by atoms with Gasteiger partial charge in [0.15, 0.2) is 5.82 Å². The lowest BCUT2D eigenvalue weighted by Crippen LogP contribution is -2.44. The predicted molar refractivity (Wildman–Crippen MR) is 103 cm³/mol. The third-order valence-corrected chi connectivity index (χ3v) is 4.63. The summed E-state index contributed by atoms with van der Waals surface area (Å²) in [7, 11) is 0. The van der Waals surface area contributed by atoms with E-state index in [0.717, 1.165) is 36.8 Å². The minimum Gasteiger partial charge on any atom is -0.339 e. The van der Waals surface area contributed by atoms with E-state index in [9.17, 15) is 0 Å². The molecule has 0 amide bonds. The molecule has 144 valence electrons. The van der Waals surface area contributed by atoms with Gasteiger partial charge in [-0.05, 0) is 36.8 Å². The molecule has 3 aromatic rings. The lowest BCUT2D eigenvalue weighted by Gasteiger charge is -2.34. The van der Waals surface area contributed by atoms with Crippen LogP contribution in [0.4, 0.5) is 0 Å². The average Bonchev–Trinajstić information content (AvgIpc) is 3.21. The fourth-order valence-corrected chi connectivity index (χ4v) is 3.01. The summed E-state index contributed by atoms with van der Waals surface area (Å²) in [5.41, 5.74) is 7.58. The third kappa shape index (κ3) is 4.04. The van der Waals surface area contributed by atoms with Crippen molar-refractivity contribution in [3.8, 4) is 22.8 Å². The molecule has 0 aliphatic heterocycles. The highest BCUT2D eigenvalue weighted by Crippen LogP contribution is 2.37. The number of halogens is 1. The van der Waals surface area contributed by atoms with E-state index in [1.807, 2.05) is 24.3 Å². The van der Waals surface area contributed by atoms with E-state index in [1.54, 1.807) is 0 Å². The molecule has 1 aliphatic carbocycles. The largest absolute Gasteiger partial charge is 0.339 e. The minimum absolute atomic E-state index is 0. The molecule has 27 heavy (non-hydrogen) atoms. The summed E-state index contributed by atoms with van der Waals surface area (Å²) < 4.78 is 10.8. The molecule has 1 aliphatic rings. The van der Waals surface area contributed by atoms with Crippen molar-refractivity contribution in [1.82, 2.24) is 20.3 Å². The van der Waals surface area contributed by atoms with E-state index < -0.39 is 5.54 Å². The van der Waals surface area contributed by atoms with Gasteiger partial charge in [0.2, 0.25) is 11.7 Å². The summed E-state index contributed by atoms with van der Waals surface area (Å²) in [6.45, 7) is 6.41. The van der Waals surface area contributed by atoms with Crippen LogP contribution in [0.2, 0.25) is 0 Å². The Morgan fingerprint density at radius 3 is 2.48 bits per heavy atom. The number of hydrogen-bond donors (Lipinski definition) is 1. The van der Waals surface area contributed by atoms with Crippen LogP contribution in [-0.4, -0.2) is 20.3 Å². The molecule has 4 rings (SSSR count). The van der Waals surface area contributed by atoms with E-state index in [4.69, 9.17) is 14.8 Å². The summed E-state index contributed by atoms with van der Waals surface area (Å²) in [5, 5.41) is 8.17. The molecule has 7 nitrogen and oxygen atoms in total. The van der Waals surface area contributed by atoms with Gasteiger partial charge in [-0.3, -0.25) is 0 Å². The number of rotatable bonds is 4. The quantitative estimate of drug-likeness (QED) is 0.715. The highest BCUT2D eigenvalue weighted by molar-refractivity contribution is 5.85. The SMILES string of the molecule is CC(C)(C)Cc1nc(-c2cccc(-c3nc(C4(N)CCC4)no3)c2)no1.Cl. The monoisotopic (exact) mass is 389 g/mol. The highest BCUT2D eigenvalue weighted by Gasteiger charge is 2.39. The van der Waals surface area contributed by atoms with Crippen molar-refractivity contribution in [2.75, 3.05) is 0 Å². The van der Waals surface area contributed by atoms with E-state index in [0.29, 0.717) is 23.4 Å². The summed E-state index contributed by atoms with van der Waals surface area (Å²) in [6.07, 6.45) is 3.62. The van der Waals surface area contributed by atoms with Gasteiger partial charge >= 0.3 is 0 Å². The molecule has 0 spiro atoms. The Balaban J connectivity index is 0.00000210. The molecule has 2 aromatic heterocycles. The van der Waals surface area contributed by atoms with Crippen LogP contribution in [0.5, 0.6) is 0 Å². The minimum atomic E-state index is -0.436. The first kappa shape index (κ1) is 19.5. The Morgan fingerprint density at radius 2 is 1.81 bits per heavy atom. The first-order chi connectivity index (χ1) is 12.3.